The fraction of sp³-hybridized carbons (Fsp3) is 0.600. The lowest BCUT2D eigenvalue weighted by molar-refractivity contribution is -0.896. The molecule has 1 aromatic rings. The van der Waals surface area contributed by atoms with E-state index in [1.165, 1.54) is 26.1 Å². The van der Waals surface area contributed by atoms with Gasteiger partial charge in [-0.2, -0.15) is 0 Å². The van der Waals surface area contributed by atoms with Gasteiger partial charge in [0.1, 0.15) is 0 Å². The number of ether oxygens (including phenoxy) is 2. The third-order valence-electron chi connectivity index (χ3n) is 3.25. The van der Waals surface area contributed by atoms with Crippen molar-refractivity contribution in [3.63, 3.8) is 0 Å². The van der Waals surface area contributed by atoms with Gasteiger partial charge in [0.15, 0.2) is 11.5 Å². The lowest BCUT2D eigenvalue weighted by Gasteiger charge is -2.15. The van der Waals surface area contributed by atoms with Crippen LogP contribution < -0.4 is 14.4 Å². The van der Waals surface area contributed by atoms with Crippen molar-refractivity contribution in [2.75, 3.05) is 33.4 Å². The first-order valence-corrected chi connectivity index (χ1v) is 6.91. The zero-order chi connectivity index (χ0) is 13.2. The number of hydrogen-bond acceptors (Lipinski definition) is 2. The van der Waals surface area contributed by atoms with Gasteiger partial charge < -0.3 is 14.4 Å². The number of para-hydroxylation sites is 2. The summed E-state index contributed by atoms with van der Waals surface area (Å²) in [6.45, 7) is 8.91. The lowest BCUT2D eigenvalue weighted by Crippen LogP contribution is -3.11. The molecule has 0 amide bonds. The molecular weight excluding hydrogens is 226 g/mol. The molecule has 0 saturated carbocycles. The van der Waals surface area contributed by atoms with Gasteiger partial charge in [0.2, 0.25) is 0 Å². The van der Waals surface area contributed by atoms with Crippen molar-refractivity contribution in [1.29, 1.82) is 0 Å². The first-order chi connectivity index (χ1) is 8.81. The molecule has 0 spiro atoms. The SMILES string of the molecule is CC[NH+](CC)CCCCOc1ccccc1OC. The molecule has 0 atom stereocenters. The van der Waals surface area contributed by atoms with Gasteiger partial charge in [-0.25, -0.2) is 0 Å². The molecule has 18 heavy (non-hydrogen) atoms. The Kier molecular flexibility index (Phi) is 7.26. The largest absolute Gasteiger partial charge is 0.493 e. The number of nitrogens with one attached hydrogen (secondary N) is 1. The molecule has 102 valence electrons. The Labute approximate surface area is 111 Å². The Morgan fingerprint density at radius 1 is 1.00 bits per heavy atom. The van der Waals surface area contributed by atoms with Gasteiger partial charge in [-0.05, 0) is 38.8 Å². The second-order valence-corrected chi connectivity index (χ2v) is 4.41. The van der Waals surface area contributed by atoms with Gasteiger partial charge in [-0.15, -0.1) is 0 Å². The minimum Gasteiger partial charge on any atom is -0.493 e. The molecule has 0 saturated heterocycles. The summed E-state index contributed by atoms with van der Waals surface area (Å²) in [5, 5.41) is 0. The highest BCUT2D eigenvalue weighted by Crippen LogP contribution is 2.25. The second-order valence-electron chi connectivity index (χ2n) is 4.41. The summed E-state index contributed by atoms with van der Waals surface area (Å²) in [5.41, 5.74) is 0. The normalized spacial score (nSPS) is 10.7. The van der Waals surface area contributed by atoms with E-state index in [4.69, 9.17) is 9.47 Å². The summed E-state index contributed by atoms with van der Waals surface area (Å²) in [5.74, 6) is 1.65. The highest BCUT2D eigenvalue weighted by Gasteiger charge is 2.04. The number of rotatable bonds is 9. The van der Waals surface area contributed by atoms with E-state index in [0.717, 1.165) is 24.5 Å². The minimum atomic E-state index is 0.765. The summed E-state index contributed by atoms with van der Waals surface area (Å²) in [6, 6.07) is 7.80. The standard InChI is InChI=1S/C15H25NO2/c1-4-16(5-2)12-8-9-13-18-15-11-7-6-10-14(15)17-3/h6-7,10-11H,4-5,8-9,12-13H2,1-3H3/p+1. The third-order valence-corrected chi connectivity index (χ3v) is 3.25. The van der Waals surface area contributed by atoms with Gasteiger partial charge in [0, 0.05) is 0 Å². The molecule has 0 aliphatic rings. The summed E-state index contributed by atoms with van der Waals surface area (Å²) in [7, 11) is 1.67. The van der Waals surface area contributed by atoms with Crippen LogP contribution in [0.1, 0.15) is 26.7 Å². The van der Waals surface area contributed by atoms with Crippen LogP contribution in [0.15, 0.2) is 24.3 Å². The highest BCUT2D eigenvalue weighted by atomic mass is 16.5. The van der Waals surface area contributed by atoms with Gasteiger partial charge in [-0.3, -0.25) is 0 Å². The van der Waals surface area contributed by atoms with Crippen molar-refractivity contribution in [2.24, 2.45) is 0 Å². The maximum absolute atomic E-state index is 5.74. The van der Waals surface area contributed by atoms with Crippen LogP contribution in [0.25, 0.3) is 0 Å². The van der Waals surface area contributed by atoms with E-state index in [2.05, 4.69) is 13.8 Å². The van der Waals surface area contributed by atoms with Crippen molar-refractivity contribution in [3.8, 4) is 11.5 Å². The zero-order valence-electron chi connectivity index (χ0n) is 11.9. The average Bonchev–Trinajstić information content (AvgIpc) is 2.43. The summed E-state index contributed by atoms with van der Waals surface area (Å²) in [6.07, 6.45) is 2.31. The smallest absolute Gasteiger partial charge is 0.161 e. The molecular formula is C15H26NO2+. The number of unbranched alkanes of at least 4 members (excludes halogenated alkanes) is 1. The van der Waals surface area contributed by atoms with Crippen LogP contribution in [0.4, 0.5) is 0 Å². The van der Waals surface area contributed by atoms with Crippen LogP contribution in [0.5, 0.6) is 11.5 Å². The van der Waals surface area contributed by atoms with E-state index in [9.17, 15) is 0 Å². The molecule has 0 aliphatic carbocycles. The molecule has 3 heteroatoms. The Morgan fingerprint density at radius 3 is 2.28 bits per heavy atom. The van der Waals surface area contributed by atoms with Gasteiger partial charge in [-0.1, -0.05) is 12.1 Å². The molecule has 0 radical (unpaired) electrons. The van der Waals surface area contributed by atoms with E-state index in [-0.39, 0.29) is 0 Å². The van der Waals surface area contributed by atoms with E-state index in [1.807, 2.05) is 24.3 Å². The third kappa shape index (κ3) is 4.96. The van der Waals surface area contributed by atoms with Crippen LogP contribution in [0.3, 0.4) is 0 Å². The maximum Gasteiger partial charge on any atom is 0.161 e. The molecule has 1 N–H and O–H groups in total. The quantitative estimate of drug-likeness (QED) is 0.677. The van der Waals surface area contributed by atoms with Crippen molar-refractivity contribution < 1.29 is 14.4 Å². The average molecular weight is 252 g/mol. The van der Waals surface area contributed by atoms with E-state index < -0.39 is 0 Å². The molecule has 0 aromatic heterocycles. The number of methoxy groups -OCH3 is 1. The number of benzene rings is 1. The number of quaternary nitrogens is 1. The minimum absolute atomic E-state index is 0.765. The predicted molar refractivity (Wildman–Crippen MR) is 74.6 cm³/mol. The molecule has 0 aliphatic heterocycles. The monoisotopic (exact) mass is 252 g/mol. The summed E-state index contributed by atoms with van der Waals surface area (Å²) < 4.78 is 11.0. The first-order valence-electron chi connectivity index (χ1n) is 6.91. The van der Waals surface area contributed by atoms with Gasteiger partial charge in [0.25, 0.3) is 0 Å². The fourth-order valence-corrected chi connectivity index (χ4v) is 2.00. The zero-order valence-corrected chi connectivity index (χ0v) is 11.9. The van der Waals surface area contributed by atoms with Crippen LogP contribution in [0, 0.1) is 0 Å². The Morgan fingerprint density at radius 2 is 1.67 bits per heavy atom. The van der Waals surface area contributed by atoms with Crippen molar-refractivity contribution in [1.82, 2.24) is 0 Å². The molecule has 0 bridgehead atoms. The van der Waals surface area contributed by atoms with Crippen LogP contribution in [-0.4, -0.2) is 33.4 Å². The van der Waals surface area contributed by atoms with Gasteiger partial charge in [0.05, 0.1) is 33.4 Å². The second kappa shape index (κ2) is 8.81. The topological polar surface area (TPSA) is 22.9 Å². The fourth-order valence-electron chi connectivity index (χ4n) is 2.00. The Balaban J connectivity index is 2.21. The summed E-state index contributed by atoms with van der Waals surface area (Å²) in [4.78, 5) is 1.66. The van der Waals surface area contributed by atoms with Crippen LogP contribution in [0.2, 0.25) is 0 Å². The van der Waals surface area contributed by atoms with Crippen LogP contribution >= 0.6 is 0 Å². The molecule has 3 nitrogen and oxygen atoms in total. The highest BCUT2D eigenvalue weighted by molar-refractivity contribution is 5.39. The predicted octanol–water partition coefficient (Wildman–Crippen LogP) is 1.78. The van der Waals surface area contributed by atoms with E-state index in [0.29, 0.717) is 0 Å². The summed E-state index contributed by atoms with van der Waals surface area (Å²) >= 11 is 0. The lowest BCUT2D eigenvalue weighted by atomic mass is 10.3. The first kappa shape index (κ1) is 14.8. The Hall–Kier alpha value is -1.22. The van der Waals surface area contributed by atoms with E-state index >= 15 is 0 Å². The van der Waals surface area contributed by atoms with Crippen molar-refractivity contribution >= 4 is 0 Å². The molecule has 0 fully saturated rings. The van der Waals surface area contributed by atoms with Gasteiger partial charge >= 0.3 is 0 Å². The van der Waals surface area contributed by atoms with Crippen LogP contribution in [-0.2, 0) is 0 Å². The van der Waals surface area contributed by atoms with E-state index in [1.54, 1.807) is 12.0 Å². The van der Waals surface area contributed by atoms with Crippen molar-refractivity contribution in [2.45, 2.75) is 26.7 Å². The Bertz CT molecular complexity index is 324. The molecule has 0 unspecified atom stereocenters. The maximum atomic E-state index is 5.74. The molecule has 1 aromatic carbocycles. The molecule has 0 heterocycles. The number of hydrogen-bond donors (Lipinski definition) is 1. The van der Waals surface area contributed by atoms with Crippen molar-refractivity contribution in [3.05, 3.63) is 24.3 Å². The molecule has 1 rings (SSSR count).